The Morgan fingerprint density at radius 1 is 1.29 bits per heavy atom. The molecule has 0 spiro atoms. The first-order valence-electron chi connectivity index (χ1n) is 6.83. The minimum Gasteiger partial charge on any atom is -0.338 e. The van der Waals surface area contributed by atoms with Crippen molar-refractivity contribution < 1.29 is 9.59 Å². The summed E-state index contributed by atoms with van der Waals surface area (Å²) < 4.78 is 0. The van der Waals surface area contributed by atoms with Crippen LogP contribution in [0.3, 0.4) is 0 Å². The number of hydrogen-bond acceptors (Lipinski definition) is 3. The number of carbonyl (C=O) groups excluding carboxylic acids is 2. The fourth-order valence-corrected chi connectivity index (χ4v) is 2.08. The number of benzene rings is 1. The summed E-state index contributed by atoms with van der Waals surface area (Å²) in [6.45, 7) is 7.62. The first-order chi connectivity index (χ1) is 9.75. The second kappa shape index (κ2) is 6.89. The maximum atomic E-state index is 12.0. The first kappa shape index (κ1) is 16.7. The number of para-hydroxylation sites is 1. The number of nitrogens with zero attached hydrogens (tertiary/aromatic N) is 2. The Labute approximate surface area is 125 Å². The molecule has 0 unspecified atom stereocenters. The predicted octanol–water partition coefficient (Wildman–Crippen LogP) is 2.53. The molecule has 0 aliphatic carbocycles. The van der Waals surface area contributed by atoms with Crippen molar-refractivity contribution in [1.82, 2.24) is 4.90 Å². The molecule has 21 heavy (non-hydrogen) atoms. The van der Waals surface area contributed by atoms with Gasteiger partial charge in [-0.3, -0.25) is 9.59 Å². The van der Waals surface area contributed by atoms with Gasteiger partial charge in [0.2, 0.25) is 11.8 Å². The molecule has 1 N–H and O–H groups in total. The smallest absolute Gasteiger partial charge is 0.226 e. The van der Waals surface area contributed by atoms with E-state index in [1.165, 1.54) is 6.92 Å². The molecule has 0 aliphatic rings. The summed E-state index contributed by atoms with van der Waals surface area (Å²) in [5.41, 5.74) is 0.594. The Morgan fingerprint density at radius 3 is 2.43 bits per heavy atom. The van der Waals surface area contributed by atoms with Gasteiger partial charge in [0.1, 0.15) is 6.07 Å². The van der Waals surface area contributed by atoms with Gasteiger partial charge in [-0.15, -0.1) is 0 Å². The molecule has 0 bridgehead atoms. The molecule has 0 saturated heterocycles. The highest BCUT2D eigenvalue weighted by molar-refractivity contribution is 5.92. The van der Waals surface area contributed by atoms with Crippen molar-refractivity contribution in [2.75, 3.05) is 11.9 Å². The molecular weight excluding hydrogens is 266 g/mol. The van der Waals surface area contributed by atoms with Crippen molar-refractivity contribution in [2.45, 2.75) is 39.7 Å². The Morgan fingerprint density at radius 2 is 1.90 bits per heavy atom. The fourth-order valence-electron chi connectivity index (χ4n) is 2.08. The Kier molecular flexibility index (Phi) is 5.48. The van der Waals surface area contributed by atoms with Crippen LogP contribution in [-0.4, -0.2) is 28.8 Å². The fraction of sp³-hybridized carbons (Fsp3) is 0.438. The molecule has 0 fully saturated rings. The van der Waals surface area contributed by atoms with E-state index >= 15 is 0 Å². The van der Waals surface area contributed by atoms with E-state index in [4.69, 9.17) is 5.26 Å². The van der Waals surface area contributed by atoms with Crippen LogP contribution in [0, 0.1) is 11.3 Å². The third-order valence-corrected chi connectivity index (χ3v) is 3.07. The summed E-state index contributed by atoms with van der Waals surface area (Å²) in [5.74, 6) is -0.277. The molecule has 2 amide bonds. The van der Waals surface area contributed by atoms with Gasteiger partial charge in [0.25, 0.3) is 0 Å². The van der Waals surface area contributed by atoms with Crippen molar-refractivity contribution in [3.63, 3.8) is 0 Å². The molecule has 5 heteroatoms. The molecule has 5 nitrogen and oxygen atoms in total. The average molecular weight is 287 g/mol. The lowest BCUT2D eigenvalue weighted by Gasteiger charge is -2.34. The number of hydrogen-bond donors (Lipinski definition) is 1. The summed E-state index contributed by atoms with van der Waals surface area (Å²) in [7, 11) is 0. The molecule has 0 heterocycles. The highest BCUT2D eigenvalue weighted by Crippen LogP contribution is 2.16. The van der Waals surface area contributed by atoms with E-state index in [1.807, 2.05) is 26.8 Å². The zero-order valence-electron chi connectivity index (χ0n) is 12.9. The van der Waals surface area contributed by atoms with Gasteiger partial charge < -0.3 is 10.2 Å². The molecule has 1 aromatic carbocycles. The van der Waals surface area contributed by atoms with E-state index in [-0.39, 0.29) is 23.8 Å². The molecule has 0 aliphatic heterocycles. The van der Waals surface area contributed by atoms with E-state index in [0.717, 1.165) is 0 Å². The number of rotatable bonds is 4. The molecule has 1 rings (SSSR count). The van der Waals surface area contributed by atoms with Crippen LogP contribution in [0.25, 0.3) is 0 Å². The van der Waals surface area contributed by atoms with Crippen LogP contribution in [0.4, 0.5) is 5.69 Å². The highest BCUT2D eigenvalue weighted by atomic mass is 16.2. The van der Waals surface area contributed by atoms with E-state index in [0.29, 0.717) is 17.8 Å². The Bertz CT molecular complexity index is 568. The van der Waals surface area contributed by atoms with Gasteiger partial charge in [0, 0.05) is 25.4 Å². The Hall–Kier alpha value is -2.35. The molecular formula is C16H21N3O2. The third-order valence-electron chi connectivity index (χ3n) is 3.07. The summed E-state index contributed by atoms with van der Waals surface area (Å²) >= 11 is 0. The lowest BCUT2D eigenvalue weighted by atomic mass is 10.1. The molecule has 0 radical (unpaired) electrons. The maximum Gasteiger partial charge on any atom is 0.226 e. The quantitative estimate of drug-likeness (QED) is 0.924. The summed E-state index contributed by atoms with van der Waals surface area (Å²) in [4.78, 5) is 25.2. The minimum atomic E-state index is -0.323. The van der Waals surface area contributed by atoms with Gasteiger partial charge in [0.05, 0.1) is 11.3 Å². The summed E-state index contributed by atoms with van der Waals surface area (Å²) in [6, 6.07) is 8.86. The maximum absolute atomic E-state index is 12.0. The number of carbonyl (C=O) groups is 2. The molecule has 0 atom stereocenters. The van der Waals surface area contributed by atoms with Gasteiger partial charge in [-0.25, -0.2) is 0 Å². The predicted molar refractivity (Wildman–Crippen MR) is 81.5 cm³/mol. The monoisotopic (exact) mass is 287 g/mol. The lowest BCUT2D eigenvalue weighted by Crippen LogP contribution is -2.45. The van der Waals surface area contributed by atoms with Crippen molar-refractivity contribution in [2.24, 2.45) is 0 Å². The van der Waals surface area contributed by atoms with Crippen LogP contribution in [-0.2, 0) is 9.59 Å². The zero-order chi connectivity index (χ0) is 16.0. The van der Waals surface area contributed by atoms with Gasteiger partial charge >= 0.3 is 0 Å². The number of anilines is 1. The van der Waals surface area contributed by atoms with Crippen molar-refractivity contribution in [3.05, 3.63) is 29.8 Å². The van der Waals surface area contributed by atoms with E-state index in [2.05, 4.69) is 5.32 Å². The second-order valence-corrected chi connectivity index (χ2v) is 5.80. The molecule has 1 aromatic rings. The van der Waals surface area contributed by atoms with Crippen LogP contribution in [0.2, 0.25) is 0 Å². The zero-order valence-corrected chi connectivity index (χ0v) is 12.9. The molecule has 0 saturated carbocycles. The van der Waals surface area contributed by atoms with E-state index in [1.54, 1.807) is 29.2 Å². The SMILES string of the molecule is CC(=O)N(CCC(=O)Nc1ccccc1C#N)C(C)(C)C. The Balaban J connectivity index is 2.66. The van der Waals surface area contributed by atoms with E-state index < -0.39 is 0 Å². The van der Waals surface area contributed by atoms with Crippen LogP contribution in [0.15, 0.2) is 24.3 Å². The van der Waals surface area contributed by atoms with Crippen LogP contribution in [0.1, 0.15) is 39.7 Å². The van der Waals surface area contributed by atoms with Crippen molar-refractivity contribution in [3.8, 4) is 6.07 Å². The van der Waals surface area contributed by atoms with Gasteiger partial charge in [-0.05, 0) is 32.9 Å². The third kappa shape index (κ3) is 4.92. The number of nitrogens with one attached hydrogen (secondary N) is 1. The lowest BCUT2D eigenvalue weighted by molar-refractivity contribution is -0.134. The minimum absolute atomic E-state index is 0.0623. The van der Waals surface area contributed by atoms with Crippen LogP contribution >= 0.6 is 0 Å². The second-order valence-electron chi connectivity index (χ2n) is 5.80. The molecule has 112 valence electrons. The molecule has 0 aromatic heterocycles. The van der Waals surface area contributed by atoms with Crippen LogP contribution in [0.5, 0.6) is 0 Å². The topological polar surface area (TPSA) is 73.2 Å². The van der Waals surface area contributed by atoms with E-state index in [9.17, 15) is 9.59 Å². The normalized spacial score (nSPS) is 10.6. The van der Waals surface area contributed by atoms with Gasteiger partial charge in [-0.1, -0.05) is 12.1 Å². The van der Waals surface area contributed by atoms with Crippen molar-refractivity contribution in [1.29, 1.82) is 5.26 Å². The standard InChI is InChI=1S/C16H21N3O2/c1-12(20)19(16(2,3)4)10-9-15(21)18-14-8-6-5-7-13(14)11-17/h5-8H,9-10H2,1-4H3,(H,18,21). The highest BCUT2D eigenvalue weighted by Gasteiger charge is 2.24. The summed E-state index contributed by atoms with van der Waals surface area (Å²) in [6.07, 6.45) is 0.191. The van der Waals surface area contributed by atoms with Gasteiger partial charge in [0.15, 0.2) is 0 Å². The largest absolute Gasteiger partial charge is 0.338 e. The van der Waals surface area contributed by atoms with Gasteiger partial charge in [-0.2, -0.15) is 5.26 Å². The number of nitriles is 1. The van der Waals surface area contributed by atoms with Crippen LogP contribution < -0.4 is 5.32 Å². The van der Waals surface area contributed by atoms with Crippen molar-refractivity contribution >= 4 is 17.5 Å². The first-order valence-corrected chi connectivity index (χ1v) is 6.83. The number of amides is 2. The average Bonchev–Trinajstić information content (AvgIpc) is 2.37. The summed E-state index contributed by atoms with van der Waals surface area (Å²) in [5, 5.41) is 11.7.